The Morgan fingerprint density at radius 3 is 2.28 bits per heavy atom. The summed E-state index contributed by atoms with van der Waals surface area (Å²) in [6, 6.07) is 11.0. The topological polar surface area (TPSA) is 59.1 Å². The minimum absolute atomic E-state index is 0.0601. The number of amides is 2. The minimum Gasteiger partial charge on any atom is -0.493 e. The number of ether oxygens (including phenoxy) is 2. The Morgan fingerprint density at radius 2 is 1.72 bits per heavy atom. The molecule has 2 aromatic rings. The van der Waals surface area contributed by atoms with Gasteiger partial charge in [0, 0.05) is 23.7 Å². The van der Waals surface area contributed by atoms with Crippen LogP contribution in [0.4, 0.5) is 0 Å². The van der Waals surface area contributed by atoms with Crippen molar-refractivity contribution in [2.24, 2.45) is 0 Å². The molecule has 32 heavy (non-hydrogen) atoms. The van der Waals surface area contributed by atoms with Crippen LogP contribution in [0.15, 0.2) is 42.0 Å². The van der Waals surface area contributed by atoms with E-state index in [9.17, 15) is 9.59 Å². The van der Waals surface area contributed by atoms with Crippen LogP contribution in [0.25, 0.3) is 6.08 Å². The molecule has 0 aliphatic carbocycles. The molecule has 9 heteroatoms. The molecule has 168 valence electrons. The first kappa shape index (κ1) is 24.5. The summed E-state index contributed by atoms with van der Waals surface area (Å²) in [5, 5.41) is 0.855. The summed E-state index contributed by atoms with van der Waals surface area (Å²) in [6.45, 7) is 4.69. The van der Waals surface area contributed by atoms with Crippen molar-refractivity contribution in [2.45, 2.75) is 20.5 Å². The van der Waals surface area contributed by atoms with Crippen LogP contribution in [0.3, 0.4) is 0 Å². The Hall–Kier alpha value is -2.17. The predicted octanol–water partition coefficient (Wildman–Crippen LogP) is 4.91. The fourth-order valence-electron chi connectivity index (χ4n) is 3.28. The molecule has 1 fully saturated rings. The summed E-state index contributed by atoms with van der Waals surface area (Å²) in [5.74, 6) is 0.241. The molecule has 0 unspecified atom stereocenters. The number of likely N-dealkylation sites (N-methyl/N-ethyl adjacent to an activating group) is 2. The van der Waals surface area contributed by atoms with Crippen LogP contribution in [-0.2, 0) is 16.2 Å². The second-order valence-corrected chi connectivity index (χ2v) is 8.79. The molecule has 1 heterocycles. The van der Waals surface area contributed by atoms with Gasteiger partial charge in [-0.3, -0.25) is 19.4 Å². The number of methoxy groups -OCH3 is 1. The van der Waals surface area contributed by atoms with Crippen molar-refractivity contribution in [3.63, 3.8) is 0 Å². The second kappa shape index (κ2) is 10.6. The van der Waals surface area contributed by atoms with Gasteiger partial charge < -0.3 is 9.47 Å². The molecule has 2 aromatic carbocycles. The van der Waals surface area contributed by atoms with Crippen molar-refractivity contribution >= 4 is 69.4 Å². The SMILES string of the molecule is CCN1C(=O)C(=Cc2cc(I)c(OCc3ccccc3Cl)c(OC)c2)C(=O)N(CC)C1=S. The Morgan fingerprint density at radius 1 is 1.09 bits per heavy atom. The van der Waals surface area contributed by atoms with Crippen LogP contribution < -0.4 is 9.47 Å². The van der Waals surface area contributed by atoms with Crippen LogP contribution in [-0.4, -0.2) is 46.9 Å². The number of carbonyl (C=O) groups is 2. The van der Waals surface area contributed by atoms with E-state index < -0.39 is 11.8 Å². The summed E-state index contributed by atoms with van der Waals surface area (Å²) in [6.07, 6.45) is 1.57. The average Bonchev–Trinajstić information content (AvgIpc) is 2.77. The fourth-order valence-corrected chi connectivity index (χ4v) is 4.67. The largest absolute Gasteiger partial charge is 0.493 e. The molecule has 0 N–H and O–H groups in total. The molecule has 0 aromatic heterocycles. The average molecular weight is 585 g/mol. The van der Waals surface area contributed by atoms with Crippen molar-refractivity contribution in [1.82, 2.24) is 9.80 Å². The first-order chi connectivity index (χ1) is 15.3. The molecular weight excluding hydrogens is 563 g/mol. The lowest BCUT2D eigenvalue weighted by Gasteiger charge is -2.35. The number of hydrogen-bond acceptors (Lipinski definition) is 5. The second-order valence-electron chi connectivity index (χ2n) is 6.85. The number of thiocarbonyl (C=S) groups is 1. The van der Waals surface area contributed by atoms with Gasteiger partial charge >= 0.3 is 0 Å². The smallest absolute Gasteiger partial charge is 0.265 e. The van der Waals surface area contributed by atoms with Gasteiger partial charge in [-0.15, -0.1) is 0 Å². The number of halogens is 2. The highest BCUT2D eigenvalue weighted by Gasteiger charge is 2.37. The fraction of sp³-hybridized carbons (Fsp3) is 0.261. The van der Waals surface area contributed by atoms with E-state index in [0.717, 1.165) is 9.13 Å². The first-order valence-corrected chi connectivity index (χ1v) is 11.8. The van der Waals surface area contributed by atoms with Gasteiger partial charge in [0.1, 0.15) is 12.2 Å². The van der Waals surface area contributed by atoms with Gasteiger partial charge in [-0.25, -0.2) is 0 Å². The van der Waals surface area contributed by atoms with Crippen LogP contribution >= 0.6 is 46.4 Å². The Bertz CT molecular complexity index is 1080. The summed E-state index contributed by atoms with van der Waals surface area (Å²) >= 11 is 13.7. The summed E-state index contributed by atoms with van der Waals surface area (Å²) < 4.78 is 12.3. The van der Waals surface area contributed by atoms with Gasteiger partial charge in [0.05, 0.1) is 10.7 Å². The van der Waals surface area contributed by atoms with Crippen LogP contribution in [0.1, 0.15) is 25.0 Å². The monoisotopic (exact) mass is 584 g/mol. The molecule has 1 saturated heterocycles. The number of nitrogens with zero attached hydrogens (tertiary/aromatic N) is 2. The van der Waals surface area contributed by atoms with Crippen molar-refractivity contribution in [1.29, 1.82) is 0 Å². The van der Waals surface area contributed by atoms with Crippen LogP contribution in [0.2, 0.25) is 5.02 Å². The summed E-state index contributed by atoms with van der Waals surface area (Å²) in [4.78, 5) is 28.6. The van der Waals surface area contributed by atoms with Crippen molar-refractivity contribution < 1.29 is 19.1 Å². The lowest BCUT2D eigenvalue weighted by molar-refractivity contribution is -0.133. The van der Waals surface area contributed by atoms with E-state index in [2.05, 4.69) is 22.6 Å². The predicted molar refractivity (Wildman–Crippen MR) is 137 cm³/mol. The zero-order valence-corrected chi connectivity index (χ0v) is 21.6. The zero-order valence-electron chi connectivity index (χ0n) is 17.9. The van der Waals surface area contributed by atoms with Crippen molar-refractivity contribution in [3.8, 4) is 11.5 Å². The highest BCUT2D eigenvalue weighted by atomic mass is 127. The van der Waals surface area contributed by atoms with E-state index >= 15 is 0 Å². The molecule has 0 atom stereocenters. The third kappa shape index (κ3) is 4.92. The maximum atomic E-state index is 12.9. The van der Waals surface area contributed by atoms with Gasteiger partial charge in [-0.2, -0.15) is 0 Å². The number of rotatable bonds is 7. The lowest BCUT2D eigenvalue weighted by Crippen LogP contribution is -2.55. The normalized spacial score (nSPS) is 14.2. The molecule has 0 saturated carbocycles. The Balaban J connectivity index is 1.95. The number of hydrogen-bond donors (Lipinski definition) is 0. The van der Waals surface area contributed by atoms with Gasteiger partial charge in [-0.1, -0.05) is 29.8 Å². The Labute approximate surface area is 211 Å². The van der Waals surface area contributed by atoms with E-state index in [1.807, 2.05) is 38.1 Å². The highest BCUT2D eigenvalue weighted by Crippen LogP contribution is 2.36. The van der Waals surface area contributed by atoms with E-state index in [0.29, 0.717) is 35.2 Å². The standard InChI is InChI=1S/C23H22ClIN2O4S/c1-4-26-21(28)16(22(29)27(5-2)23(26)32)10-14-11-18(25)20(19(12-14)30-3)31-13-15-8-6-7-9-17(15)24/h6-12H,4-5,13H2,1-3H3. The third-order valence-electron chi connectivity index (χ3n) is 4.94. The Kier molecular flexibility index (Phi) is 8.13. The molecule has 3 rings (SSSR count). The highest BCUT2D eigenvalue weighted by molar-refractivity contribution is 14.1. The first-order valence-electron chi connectivity index (χ1n) is 9.95. The molecule has 0 spiro atoms. The molecule has 0 radical (unpaired) electrons. The molecule has 2 amide bonds. The van der Waals surface area contributed by atoms with Gasteiger partial charge in [0.25, 0.3) is 11.8 Å². The van der Waals surface area contributed by atoms with Gasteiger partial charge in [0.15, 0.2) is 16.6 Å². The molecule has 6 nitrogen and oxygen atoms in total. The van der Waals surface area contributed by atoms with E-state index in [1.165, 1.54) is 16.9 Å². The molecular formula is C23H22ClIN2O4S. The van der Waals surface area contributed by atoms with Gasteiger partial charge in [-0.05, 0) is 78.5 Å². The quantitative estimate of drug-likeness (QED) is 0.200. The molecule has 1 aliphatic heterocycles. The zero-order chi connectivity index (χ0) is 23.4. The number of carbonyl (C=O) groups excluding carboxylic acids is 2. The third-order valence-corrected chi connectivity index (χ3v) is 6.55. The summed E-state index contributed by atoms with van der Waals surface area (Å²) in [5.41, 5.74) is 1.56. The van der Waals surface area contributed by atoms with Crippen LogP contribution in [0.5, 0.6) is 11.5 Å². The van der Waals surface area contributed by atoms with Crippen molar-refractivity contribution in [3.05, 3.63) is 61.7 Å². The lowest BCUT2D eigenvalue weighted by atomic mass is 10.1. The van der Waals surface area contributed by atoms with E-state index in [1.54, 1.807) is 18.2 Å². The van der Waals surface area contributed by atoms with Crippen molar-refractivity contribution in [2.75, 3.05) is 20.2 Å². The van der Waals surface area contributed by atoms with Crippen LogP contribution in [0, 0.1) is 3.57 Å². The number of benzene rings is 2. The molecule has 0 bridgehead atoms. The minimum atomic E-state index is -0.403. The van der Waals surface area contributed by atoms with E-state index in [-0.39, 0.29) is 17.3 Å². The molecule has 1 aliphatic rings. The maximum Gasteiger partial charge on any atom is 0.265 e. The van der Waals surface area contributed by atoms with Gasteiger partial charge in [0.2, 0.25) is 0 Å². The van der Waals surface area contributed by atoms with E-state index in [4.69, 9.17) is 33.3 Å². The summed E-state index contributed by atoms with van der Waals surface area (Å²) in [7, 11) is 1.54. The maximum absolute atomic E-state index is 12.9.